The van der Waals surface area contributed by atoms with Gasteiger partial charge in [0, 0.05) is 29.5 Å². The molecule has 94 valence electrons. The van der Waals surface area contributed by atoms with E-state index in [4.69, 9.17) is 0 Å². The van der Waals surface area contributed by atoms with Crippen LogP contribution >= 0.6 is 15.9 Å². The maximum atomic E-state index is 12.0. The smallest absolute Gasteiger partial charge is 0.301 e. The lowest BCUT2D eigenvalue weighted by Gasteiger charge is -2.07. The SMILES string of the molecule is CCn1ccc(=O)n(Cc2ccc(Br)cn2)c1=O. The van der Waals surface area contributed by atoms with E-state index in [1.54, 1.807) is 12.3 Å². The average molecular weight is 310 g/mol. The second-order valence-corrected chi connectivity index (χ2v) is 4.69. The lowest BCUT2D eigenvalue weighted by atomic mass is 10.3. The summed E-state index contributed by atoms with van der Waals surface area (Å²) >= 11 is 3.29. The standard InChI is InChI=1S/C12H12BrN3O2/c1-2-15-6-5-11(17)16(12(15)18)8-10-4-3-9(13)7-14-10/h3-7H,2,8H2,1H3. The van der Waals surface area contributed by atoms with E-state index in [1.807, 2.05) is 13.0 Å². The van der Waals surface area contributed by atoms with E-state index < -0.39 is 0 Å². The highest BCUT2D eigenvalue weighted by Gasteiger charge is 2.05. The molecule has 0 aliphatic heterocycles. The third-order valence-electron chi connectivity index (χ3n) is 2.59. The minimum absolute atomic E-state index is 0.186. The fraction of sp³-hybridized carbons (Fsp3) is 0.250. The molecule has 0 radical (unpaired) electrons. The summed E-state index contributed by atoms with van der Waals surface area (Å²) in [4.78, 5) is 27.8. The molecule has 0 amide bonds. The number of nitrogens with zero attached hydrogens (tertiary/aromatic N) is 3. The van der Waals surface area contributed by atoms with E-state index in [2.05, 4.69) is 20.9 Å². The van der Waals surface area contributed by atoms with Crippen molar-refractivity contribution in [2.75, 3.05) is 0 Å². The van der Waals surface area contributed by atoms with Crippen molar-refractivity contribution in [2.45, 2.75) is 20.0 Å². The molecule has 0 N–H and O–H groups in total. The van der Waals surface area contributed by atoms with Crippen molar-refractivity contribution in [3.8, 4) is 0 Å². The van der Waals surface area contributed by atoms with Gasteiger partial charge in [0.25, 0.3) is 5.56 Å². The summed E-state index contributed by atoms with van der Waals surface area (Å²) in [5.74, 6) is 0. The minimum atomic E-state index is -0.311. The van der Waals surface area contributed by atoms with E-state index in [1.165, 1.54) is 21.4 Å². The van der Waals surface area contributed by atoms with Crippen LogP contribution in [0.15, 0.2) is 44.7 Å². The van der Waals surface area contributed by atoms with Crippen molar-refractivity contribution in [3.05, 3.63) is 61.6 Å². The van der Waals surface area contributed by atoms with E-state index in [0.29, 0.717) is 12.2 Å². The first-order chi connectivity index (χ1) is 8.61. The van der Waals surface area contributed by atoms with Crippen molar-refractivity contribution < 1.29 is 0 Å². The van der Waals surface area contributed by atoms with Gasteiger partial charge in [-0.2, -0.15) is 0 Å². The Bertz CT molecular complexity index is 658. The molecule has 18 heavy (non-hydrogen) atoms. The number of aromatic nitrogens is 3. The normalized spacial score (nSPS) is 10.6. The van der Waals surface area contributed by atoms with E-state index in [9.17, 15) is 9.59 Å². The molecule has 2 aromatic rings. The van der Waals surface area contributed by atoms with Crippen LogP contribution in [0.4, 0.5) is 0 Å². The predicted octanol–water partition coefficient (Wildman–Crippen LogP) is 1.24. The van der Waals surface area contributed by atoms with Crippen LogP contribution in [0.1, 0.15) is 12.6 Å². The first kappa shape index (κ1) is 12.8. The van der Waals surface area contributed by atoms with E-state index in [-0.39, 0.29) is 17.8 Å². The fourth-order valence-electron chi connectivity index (χ4n) is 1.60. The molecule has 2 heterocycles. The molecule has 0 aliphatic rings. The van der Waals surface area contributed by atoms with Gasteiger partial charge in [0.2, 0.25) is 0 Å². The highest BCUT2D eigenvalue weighted by Crippen LogP contribution is 2.07. The van der Waals surface area contributed by atoms with Gasteiger partial charge in [-0.05, 0) is 35.0 Å². The largest absolute Gasteiger partial charge is 0.331 e. The Morgan fingerprint density at radius 3 is 2.67 bits per heavy atom. The number of hydrogen-bond acceptors (Lipinski definition) is 3. The number of halogens is 1. The molecule has 0 saturated heterocycles. The summed E-state index contributed by atoms with van der Waals surface area (Å²) in [6.07, 6.45) is 3.15. The monoisotopic (exact) mass is 309 g/mol. The lowest BCUT2D eigenvalue weighted by molar-refractivity contribution is 0.594. The maximum Gasteiger partial charge on any atom is 0.331 e. The Morgan fingerprint density at radius 1 is 1.28 bits per heavy atom. The molecule has 5 nitrogen and oxygen atoms in total. The zero-order valence-corrected chi connectivity index (χ0v) is 11.4. The van der Waals surface area contributed by atoms with Crippen LogP contribution in [0.25, 0.3) is 0 Å². The predicted molar refractivity (Wildman–Crippen MR) is 71.7 cm³/mol. The zero-order valence-electron chi connectivity index (χ0n) is 9.84. The first-order valence-corrected chi connectivity index (χ1v) is 6.32. The lowest BCUT2D eigenvalue weighted by Crippen LogP contribution is -2.39. The molecule has 0 unspecified atom stereocenters. The second-order valence-electron chi connectivity index (χ2n) is 3.78. The van der Waals surface area contributed by atoms with Crippen LogP contribution in [-0.2, 0) is 13.1 Å². The molecule has 0 aromatic carbocycles. The molecule has 0 spiro atoms. The van der Waals surface area contributed by atoms with Gasteiger partial charge in [-0.1, -0.05) is 0 Å². The van der Waals surface area contributed by atoms with Gasteiger partial charge in [-0.25, -0.2) is 4.79 Å². The van der Waals surface area contributed by atoms with Crippen LogP contribution < -0.4 is 11.2 Å². The average Bonchev–Trinajstić information content (AvgIpc) is 2.37. The molecule has 0 saturated carbocycles. The summed E-state index contributed by atoms with van der Waals surface area (Å²) in [5, 5.41) is 0. The Kier molecular flexibility index (Phi) is 3.76. The third-order valence-corrected chi connectivity index (χ3v) is 3.06. The summed E-state index contributed by atoms with van der Waals surface area (Å²) in [5.41, 5.74) is 0.0513. The summed E-state index contributed by atoms with van der Waals surface area (Å²) in [6.45, 7) is 2.58. The van der Waals surface area contributed by atoms with Crippen molar-refractivity contribution in [1.82, 2.24) is 14.1 Å². The minimum Gasteiger partial charge on any atom is -0.301 e. The number of hydrogen-bond donors (Lipinski definition) is 0. The van der Waals surface area contributed by atoms with Gasteiger partial charge in [0.1, 0.15) is 0 Å². The molecule has 0 bridgehead atoms. The molecule has 2 rings (SSSR count). The fourth-order valence-corrected chi connectivity index (χ4v) is 1.84. The van der Waals surface area contributed by atoms with Crippen molar-refractivity contribution in [1.29, 1.82) is 0 Å². The molecule has 0 aliphatic carbocycles. The van der Waals surface area contributed by atoms with Crippen LogP contribution in [0.2, 0.25) is 0 Å². The topological polar surface area (TPSA) is 56.9 Å². The molecule has 0 atom stereocenters. The van der Waals surface area contributed by atoms with Gasteiger partial charge in [-0.15, -0.1) is 0 Å². The second kappa shape index (κ2) is 5.30. The highest BCUT2D eigenvalue weighted by atomic mass is 79.9. The Hall–Kier alpha value is -1.69. The summed E-state index contributed by atoms with van der Waals surface area (Å²) in [7, 11) is 0. The first-order valence-electron chi connectivity index (χ1n) is 5.52. The van der Waals surface area contributed by atoms with Gasteiger partial charge in [-0.3, -0.25) is 14.3 Å². The Labute approximate surface area is 112 Å². The molecule has 0 fully saturated rings. The van der Waals surface area contributed by atoms with Gasteiger partial charge in [0.05, 0.1) is 12.2 Å². The van der Waals surface area contributed by atoms with Crippen molar-refractivity contribution in [3.63, 3.8) is 0 Å². The van der Waals surface area contributed by atoms with Crippen molar-refractivity contribution >= 4 is 15.9 Å². The molecule has 2 aromatic heterocycles. The third kappa shape index (κ3) is 2.59. The summed E-state index contributed by atoms with van der Waals surface area (Å²) in [6, 6.07) is 5.00. The van der Waals surface area contributed by atoms with Crippen LogP contribution in [0, 0.1) is 0 Å². The van der Waals surface area contributed by atoms with Gasteiger partial charge >= 0.3 is 5.69 Å². The van der Waals surface area contributed by atoms with Gasteiger partial charge in [0.15, 0.2) is 0 Å². The maximum absolute atomic E-state index is 12.0. The molecular formula is C12H12BrN3O2. The van der Waals surface area contributed by atoms with E-state index in [0.717, 1.165) is 4.47 Å². The van der Waals surface area contributed by atoms with E-state index >= 15 is 0 Å². The summed E-state index contributed by atoms with van der Waals surface area (Å²) < 4.78 is 3.53. The molecule has 6 heteroatoms. The highest BCUT2D eigenvalue weighted by molar-refractivity contribution is 9.10. The number of rotatable bonds is 3. The Balaban J connectivity index is 2.43. The van der Waals surface area contributed by atoms with Crippen LogP contribution in [0.5, 0.6) is 0 Å². The van der Waals surface area contributed by atoms with Gasteiger partial charge < -0.3 is 4.57 Å². The number of pyridine rings is 1. The zero-order chi connectivity index (χ0) is 13.1. The quantitative estimate of drug-likeness (QED) is 0.857. The van der Waals surface area contributed by atoms with Crippen molar-refractivity contribution in [2.24, 2.45) is 0 Å². The van der Waals surface area contributed by atoms with Crippen LogP contribution in [-0.4, -0.2) is 14.1 Å². The molecular weight excluding hydrogens is 298 g/mol. The number of aryl methyl sites for hydroxylation is 1. The Morgan fingerprint density at radius 2 is 2.06 bits per heavy atom. The van der Waals surface area contributed by atoms with Crippen LogP contribution in [0.3, 0.4) is 0 Å².